The lowest BCUT2D eigenvalue weighted by molar-refractivity contribution is 0.0999. The highest BCUT2D eigenvalue weighted by Gasteiger charge is 2.07. The first-order valence-corrected chi connectivity index (χ1v) is 6.04. The van der Waals surface area contributed by atoms with E-state index in [-0.39, 0.29) is 0 Å². The van der Waals surface area contributed by atoms with E-state index in [0.717, 1.165) is 5.56 Å². The van der Waals surface area contributed by atoms with E-state index < -0.39 is 5.91 Å². The summed E-state index contributed by atoms with van der Waals surface area (Å²) >= 11 is 0. The number of hydrogen-bond acceptors (Lipinski definition) is 5. The summed E-state index contributed by atoms with van der Waals surface area (Å²) in [7, 11) is 0. The summed E-state index contributed by atoms with van der Waals surface area (Å²) in [5, 5.41) is 6.93. The summed E-state index contributed by atoms with van der Waals surface area (Å²) in [6, 6.07) is 7.28. The lowest BCUT2D eigenvalue weighted by Gasteiger charge is -2.07. The lowest BCUT2D eigenvalue weighted by Crippen LogP contribution is -2.20. The Kier molecular flexibility index (Phi) is 4.25. The number of benzene rings is 1. The van der Waals surface area contributed by atoms with Gasteiger partial charge in [0.2, 0.25) is 11.8 Å². The third-order valence-electron chi connectivity index (χ3n) is 2.68. The molecule has 0 unspecified atom stereocenters. The van der Waals surface area contributed by atoms with Crippen molar-refractivity contribution in [3.63, 3.8) is 0 Å². The van der Waals surface area contributed by atoms with Gasteiger partial charge in [-0.2, -0.15) is 4.98 Å². The van der Waals surface area contributed by atoms with E-state index in [1.54, 1.807) is 19.1 Å². The van der Waals surface area contributed by atoms with Crippen LogP contribution in [0.3, 0.4) is 0 Å². The van der Waals surface area contributed by atoms with Gasteiger partial charge < -0.3 is 15.6 Å². The summed E-state index contributed by atoms with van der Waals surface area (Å²) < 4.78 is 5.00. The maximum Gasteiger partial charge on any atom is 0.249 e. The summed E-state index contributed by atoms with van der Waals surface area (Å²) in [6.45, 7) is 3.05. The second-order valence-corrected chi connectivity index (χ2v) is 4.18. The Morgan fingerprint density at radius 1 is 1.42 bits per heavy atom. The zero-order chi connectivity index (χ0) is 13.7. The van der Waals surface area contributed by atoms with Gasteiger partial charge in [-0.15, -0.1) is 0 Å². The van der Waals surface area contributed by atoms with E-state index in [2.05, 4.69) is 15.5 Å². The van der Waals surface area contributed by atoms with Crippen LogP contribution in [0, 0.1) is 6.92 Å². The molecule has 0 aliphatic carbocycles. The molecule has 0 fully saturated rings. The molecule has 3 N–H and O–H groups in total. The molecule has 1 aromatic heterocycles. The number of carbonyl (C=O) groups is 1. The second-order valence-electron chi connectivity index (χ2n) is 4.18. The Hall–Kier alpha value is -2.21. The number of primary amides is 1. The molecule has 6 heteroatoms. The number of carbonyl (C=O) groups excluding carboxylic acids is 1. The SMILES string of the molecule is Cc1noc(CCNCc2ccccc2C(N)=O)n1. The van der Waals surface area contributed by atoms with E-state index in [1.165, 1.54) is 0 Å². The molecule has 0 saturated carbocycles. The van der Waals surface area contributed by atoms with Crippen molar-refractivity contribution in [3.8, 4) is 0 Å². The quantitative estimate of drug-likeness (QED) is 0.749. The summed E-state index contributed by atoms with van der Waals surface area (Å²) in [5.74, 6) is 0.826. The van der Waals surface area contributed by atoms with Crippen LogP contribution in [0.1, 0.15) is 27.6 Å². The number of nitrogens with one attached hydrogen (secondary N) is 1. The molecule has 1 heterocycles. The van der Waals surface area contributed by atoms with Gasteiger partial charge in [0.25, 0.3) is 0 Å². The summed E-state index contributed by atoms with van der Waals surface area (Å²) in [6.07, 6.45) is 0.652. The number of aryl methyl sites for hydroxylation is 1. The van der Waals surface area contributed by atoms with E-state index in [1.807, 2.05) is 12.1 Å². The van der Waals surface area contributed by atoms with Crippen molar-refractivity contribution in [1.82, 2.24) is 15.5 Å². The molecule has 19 heavy (non-hydrogen) atoms. The van der Waals surface area contributed by atoms with Crippen molar-refractivity contribution in [2.45, 2.75) is 19.9 Å². The van der Waals surface area contributed by atoms with Crippen molar-refractivity contribution in [3.05, 3.63) is 47.1 Å². The third kappa shape index (κ3) is 3.62. The first-order chi connectivity index (χ1) is 9.16. The summed E-state index contributed by atoms with van der Waals surface area (Å²) in [4.78, 5) is 15.3. The van der Waals surface area contributed by atoms with E-state index >= 15 is 0 Å². The molecular weight excluding hydrogens is 244 g/mol. The fourth-order valence-electron chi connectivity index (χ4n) is 1.77. The molecule has 2 aromatic rings. The van der Waals surface area contributed by atoms with Gasteiger partial charge in [-0.05, 0) is 18.6 Å². The smallest absolute Gasteiger partial charge is 0.249 e. The molecule has 0 spiro atoms. The van der Waals surface area contributed by atoms with Gasteiger partial charge in [0.1, 0.15) is 0 Å². The Balaban J connectivity index is 1.84. The number of hydrogen-bond donors (Lipinski definition) is 2. The first-order valence-electron chi connectivity index (χ1n) is 6.04. The summed E-state index contributed by atoms with van der Waals surface area (Å²) in [5.41, 5.74) is 6.74. The Morgan fingerprint density at radius 3 is 2.89 bits per heavy atom. The van der Waals surface area contributed by atoms with E-state index in [9.17, 15) is 4.79 Å². The van der Waals surface area contributed by atoms with Gasteiger partial charge in [0.15, 0.2) is 5.82 Å². The molecule has 0 aliphatic heterocycles. The fraction of sp³-hybridized carbons (Fsp3) is 0.308. The van der Waals surface area contributed by atoms with Crippen molar-refractivity contribution in [2.24, 2.45) is 5.73 Å². The van der Waals surface area contributed by atoms with Gasteiger partial charge >= 0.3 is 0 Å². The van der Waals surface area contributed by atoms with Gasteiger partial charge in [0, 0.05) is 25.1 Å². The highest BCUT2D eigenvalue weighted by Crippen LogP contribution is 2.07. The van der Waals surface area contributed by atoms with Crippen LogP contribution in [0.4, 0.5) is 0 Å². The first kappa shape index (κ1) is 13.2. The van der Waals surface area contributed by atoms with Gasteiger partial charge in [-0.1, -0.05) is 23.4 Å². The molecule has 0 atom stereocenters. The van der Waals surface area contributed by atoms with Crippen LogP contribution in [0.15, 0.2) is 28.8 Å². The Bertz CT molecular complexity index is 565. The highest BCUT2D eigenvalue weighted by atomic mass is 16.5. The second kappa shape index (κ2) is 6.10. The number of rotatable bonds is 6. The minimum Gasteiger partial charge on any atom is -0.366 e. The van der Waals surface area contributed by atoms with Crippen molar-refractivity contribution < 1.29 is 9.32 Å². The van der Waals surface area contributed by atoms with Crippen LogP contribution in [0.25, 0.3) is 0 Å². The van der Waals surface area contributed by atoms with Crippen molar-refractivity contribution in [1.29, 1.82) is 0 Å². The minimum atomic E-state index is -0.412. The van der Waals surface area contributed by atoms with Crippen molar-refractivity contribution in [2.75, 3.05) is 6.54 Å². The molecule has 100 valence electrons. The number of nitrogens with two attached hydrogens (primary N) is 1. The van der Waals surface area contributed by atoms with Crippen LogP contribution in [-0.2, 0) is 13.0 Å². The average Bonchev–Trinajstić information content (AvgIpc) is 2.81. The molecule has 0 aliphatic rings. The molecule has 0 radical (unpaired) electrons. The average molecular weight is 260 g/mol. The predicted octanol–water partition coefficient (Wildman–Crippen LogP) is 0.809. The zero-order valence-electron chi connectivity index (χ0n) is 10.7. The Morgan fingerprint density at radius 2 is 2.21 bits per heavy atom. The van der Waals surface area contributed by atoms with Crippen LogP contribution < -0.4 is 11.1 Å². The fourth-order valence-corrected chi connectivity index (χ4v) is 1.77. The van der Waals surface area contributed by atoms with Crippen LogP contribution in [0.5, 0.6) is 0 Å². The number of amides is 1. The van der Waals surface area contributed by atoms with Crippen LogP contribution in [0.2, 0.25) is 0 Å². The molecular formula is C13H16N4O2. The van der Waals surface area contributed by atoms with Gasteiger partial charge in [0.05, 0.1) is 0 Å². The number of aromatic nitrogens is 2. The van der Waals surface area contributed by atoms with Gasteiger partial charge in [-0.3, -0.25) is 4.79 Å². The van der Waals surface area contributed by atoms with E-state index in [0.29, 0.717) is 36.8 Å². The predicted molar refractivity (Wildman–Crippen MR) is 69.4 cm³/mol. The lowest BCUT2D eigenvalue weighted by atomic mass is 10.1. The van der Waals surface area contributed by atoms with Crippen LogP contribution >= 0.6 is 0 Å². The Labute approximate surface area is 111 Å². The standard InChI is InChI=1S/C13H16N4O2/c1-9-16-12(19-17-9)6-7-15-8-10-4-2-3-5-11(10)13(14)18/h2-5,15H,6-8H2,1H3,(H2,14,18). The molecule has 1 aromatic carbocycles. The maximum absolute atomic E-state index is 11.2. The molecule has 0 saturated heterocycles. The normalized spacial score (nSPS) is 10.6. The van der Waals surface area contributed by atoms with Crippen molar-refractivity contribution >= 4 is 5.91 Å². The third-order valence-corrected chi connectivity index (χ3v) is 2.68. The van der Waals surface area contributed by atoms with Gasteiger partial charge in [-0.25, -0.2) is 0 Å². The molecule has 6 nitrogen and oxygen atoms in total. The number of nitrogens with zero attached hydrogens (tertiary/aromatic N) is 2. The largest absolute Gasteiger partial charge is 0.366 e. The zero-order valence-corrected chi connectivity index (χ0v) is 10.7. The monoisotopic (exact) mass is 260 g/mol. The molecule has 0 bridgehead atoms. The maximum atomic E-state index is 11.2. The van der Waals surface area contributed by atoms with Crippen LogP contribution in [-0.4, -0.2) is 22.6 Å². The highest BCUT2D eigenvalue weighted by molar-refractivity contribution is 5.94. The van der Waals surface area contributed by atoms with E-state index in [4.69, 9.17) is 10.3 Å². The molecule has 2 rings (SSSR count). The molecule has 1 amide bonds. The minimum absolute atomic E-state index is 0.412. The topological polar surface area (TPSA) is 94.0 Å².